The van der Waals surface area contributed by atoms with Crippen LogP contribution in [0.3, 0.4) is 0 Å². The fourth-order valence-corrected chi connectivity index (χ4v) is 8.03. The molecule has 428 valence electrons. The van der Waals surface area contributed by atoms with E-state index < -0.39 is 125 Å². The minimum atomic E-state index is -1.30. The monoisotopic (exact) mass is 1100 g/mol. The number of nitrogens with zero attached hydrogens (tertiary/aromatic N) is 2. The van der Waals surface area contributed by atoms with Crippen molar-refractivity contribution in [3.63, 3.8) is 0 Å². The van der Waals surface area contributed by atoms with Crippen molar-refractivity contribution < 1.29 is 101 Å². The Morgan fingerprint density at radius 3 is 1.27 bits per heavy atom. The molecule has 77 heavy (non-hydrogen) atoms. The summed E-state index contributed by atoms with van der Waals surface area (Å²) in [5.74, 6) is -0.269. The zero-order valence-corrected chi connectivity index (χ0v) is 44.3. The van der Waals surface area contributed by atoms with Gasteiger partial charge in [0.1, 0.15) is 13.2 Å². The van der Waals surface area contributed by atoms with Gasteiger partial charge in [0.15, 0.2) is 48.5 Å². The van der Waals surface area contributed by atoms with Gasteiger partial charge in [-0.2, -0.15) is 0 Å². The van der Waals surface area contributed by atoms with Crippen LogP contribution in [0.4, 0.5) is 19.2 Å². The average molecular weight is 1100 g/mol. The van der Waals surface area contributed by atoms with E-state index >= 15 is 0 Å². The molecule has 31 nitrogen and oxygen atoms in total. The van der Waals surface area contributed by atoms with Gasteiger partial charge in [0, 0.05) is 40.2 Å². The van der Waals surface area contributed by atoms with Crippen molar-refractivity contribution in [2.45, 2.75) is 129 Å². The highest BCUT2D eigenvalue weighted by molar-refractivity contribution is 6.53. The SMILES string of the molecule is CB(O)N=C(NB(C)O)N[C@H]1C=C(C)O[C@@H]([C@H](OC(=O)NCCCOCCOCCOCCCNC(=O)O[C@@H]([C@@H]2OC(C)=C[C@H](NC(=NB(C)O)NB(C)O)[C@H]2NC(C)=O)[C@H]2COC(=O)O2)[C@H]2COC(=O)O2)[C@@H]1NC(C)=O. The summed E-state index contributed by atoms with van der Waals surface area (Å²) in [4.78, 5) is 83.3. The summed E-state index contributed by atoms with van der Waals surface area (Å²) in [6, 6.07) is -3.56. The average Bonchev–Trinajstić information content (AvgIpc) is 3.97. The summed E-state index contributed by atoms with van der Waals surface area (Å²) in [5.41, 5.74) is 0. The van der Waals surface area contributed by atoms with E-state index in [1.807, 2.05) is 0 Å². The predicted octanol–water partition coefficient (Wildman–Crippen LogP) is -3.06. The molecule has 4 rings (SSSR count). The Morgan fingerprint density at radius 1 is 0.597 bits per heavy atom. The van der Waals surface area contributed by atoms with Crippen molar-refractivity contribution >= 4 is 76.4 Å². The molecule has 0 saturated carbocycles. The smallest absolute Gasteiger partial charge is 0.489 e. The number of nitrogens with one attached hydrogen (secondary N) is 8. The molecule has 0 radical (unpaired) electrons. The summed E-state index contributed by atoms with van der Waals surface area (Å²) < 4.78 is 61.1. The number of carbonyl (C=O) groups excluding carboxylic acids is 6. The minimum Gasteiger partial charge on any atom is -0.489 e. The second kappa shape index (κ2) is 32.4. The minimum absolute atomic E-state index is 0.00746. The standard InChI is InChI=1S/C42H72B4N10O21/c1-23-19-27(51-37(53-43(5)63)54-44(6)64)31(49-25(3)57)35(72-23)33(29-21-70-41(61)74-29)76-39(59)47-11-9-13-67-15-17-69-18-16-68-14-10-12-48-40(60)77-34(30-22-71-42(62)75-30)36-32(50-26(4)58)28(20-24(2)73-36)52-38(55-45(7)65)56-46(8)66/h19-20,27-36,63-66H,9-18,21-22H2,1-8H3,(H,47,59)(H,48,60)(H,49,57)(H,50,58)(H2,51,53,54)(H2,52,55,56)/t27-,28-,29+,30+,31+,32+,33+,34+,35+,36+/m0/s1. The highest BCUT2D eigenvalue weighted by Gasteiger charge is 2.50. The molecule has 0 aromatic carbocycles. The summed E-state index contributed by atoms with van der Waals surface area (Å²) in [6.07, 6.45) is -6.87. The highest BCUT2D eigenvalue weighted by Crippen LogP contribution is 2.29. The first kappa shape index (κ1) is 63.2. The molecule has 10 atom stereocenters. The van der Waals surface area contributed by atoms with Gasteiger partial charge in [0.25, 0.3) is 0 Å². The number of alkyl carbamates (subject to hydrolysis) is 2. The number of cyclic esters (lactones) is 4. The zero-order valence-electron chi connectivity index (χ0n) is 44.3. The summed E-state index contributed by atoms with van der Waals surface area (Å²) in [6.45, 7) is 12.6. The number of allylic oxidation sites excluding steroid dienone is 2. The van der Waals surface area contributed by atoms with Crippen LogP contribution in [0.1, 0.15) is 40.5 Å². The molecule has 0 aromatic heterocycles. The second-order valence-electron chi connectivity index (χ2n) is 17.9. The van der Waals surface area contributed by atoms with Crippen LogP contribution in [0.5, 0.6) is 0 Å². The summed E-state index contributed by atoms with van der Waals surface area (Å²) >= 11 is 0. The van der Waals surface area contributed by atoms with Gasteiger partial charge in [0.2, 0.25) is 11.8 Å². The molecule has 4 heterocycles. The maximum absolute atomic E-state index is 13.1. The highest BCUT2D eigenvalue weighted by atomic mass is 16.8. The third-order valence-electron chi connectivity index (χ3n) is 10.9. The number of guanidine groups is 2. The number of ether oxygens (including phenoxy) is 11. The maximum Gasteiger partial charge on any atom is 0.508 e. The van der Waals surface area contributed by atoms with Crippen LogP contribution in [-0.2, 0) is 61.7 Å². The lowest BCUT2D eigenvalue weighted by atomic mass is 9.87. The van der Waals surface area contributed by atoms with Crippen LogP contribution in [0.2, 0.25) is 27.3 Å². The summed E-state index contributed by atoms with van der Waals surface area (Å²) in [5, 5.41) is 62.0. The largest absolute Gasteiger partial charge is 0.508 e. The first-order valence-electron chi connectivity index (χ1n) is 25.1. The van der Waals surface area contributed by atoms with Gasteiger partial charge in [-0.3, -0.25) is 19.4 Å². The van der Waals surface area contributed by atoms with Crippen LogP contribution in [0.15, 0.2) is 33.5 Å². The Morgan fingerprint density at radius 2 is 0.961 bits per heavy atom. The molecule has 4 aliphatic rings. The van der Waals surface area contributed by atoms with E-state index in [1.165, 1.54) is 41.1 Å². The fraction of sp³-hybridized carbons (Fsp3) is 0.714. The molecule has 12 N–H and O–H groups in total. The maximum atomic E-state index is 13.1. The Bertz CT molecular complexity index is 1940. The molecule has 2 saturated heterocycles. The normalized spacial score (nSPS) is 23.7. The third-order valence-corrected chi connectivity index (χ3v) is 10.9. The van der Waals surface area contributed by atoms with E-state index in [4.69, 9.17) is 52.1 Å². The van der Waals surface area contributed by atoms with Crippen LogP contribution in [0, 0.1) is 0 Å². The van der Waals surface area contributed by atoms with Crippen molar-refractivity contribution in [1.29, 1.82) is 0 Å². The van der Waals surface area contributed by atoms with Crippen molar-refractivity contribution in [3.05, 3.63) is 23.7 Å². The predicted molar refractivity (Wildman–Crippen MR) is 273 cm³/mol. The molecule has 4 aliphatic heterocycles. The molecule has 0 aliphatic carbocycles. The van der Waals surface area contributed by atoms with Crippen LogP contribution >= 0.6 is 0 Å². The first-order valence-corrected chi connectivity index (χ1v) is 25.1. The molecule has 0 aromatic rings. The molecule has 0 bridgehead atoms. The lowest BCUT2D eigenvalue weighted by Crippen LogP contribution is -2.65. The summed E-state index contributed by atoms with van der Waals surface area (Å²) in [7, 11) is -4.49. The Labute approximate surface area is 446 Å². The molecular formula is C42H72B4N10O21. The zero-order chi connectivity index (χ0) is 56.6. The van der Waals surface area contributed by atoms with Gasteiger partial charge in [-0.1, -0.05) is 0 Å². The third kappa shape index (κ3) is 23.0. The van der Waals surface area contributed by atoms with Gasteiger partial charge in [-0.15, -0.1) is 0 Å². The lowest BCUT2D eigenvalue weighted by molar-refractivity contribution is -0.125. The second-order valence-corrected chi connectivity index (χ2v) is 17.9. The number of carbonyl (C=O) groups is 6. The van der Waals surface area contributed by atoms with Gasteiger partial charge < -0.3 is 115 Å². The molecule has 2 fully saturated rings. The van der Waals surface area contributed by atoms with Crippen molar-refractivity contribution in [2.24, 2.45) is 9.81 Å². The van der Waals surface area contributed by atoms with Crippen LogP contribution < -0.4 is 42.4 Å². The number of hydrogen-bond acceptors (Lipinski definition) is 23. The van der Waals surface area contributed by atoms with Crippen molar-refractivity contribution in [3.8, 4) is 0 Å². The molecule has 35 heteroatoms. The van der Waals surface area contributed by atoms with Gasteiger partial charge in [0.05, 0.1) is 62.1 Å². The quantitative estimate of drug-likeness (QED) is 0.00924. The van der Waals surface area contributed by atoms with Crippen LogP contribution in [-0.4, -0.2) is 223 Å². The Kier molecular flexibility index (Phi) is 26.6. The molecular weight excluding hydrogens is 1020 g/mol. The number of rotatable bonds is 28. The topological polar surface area (TPSA) is 406 Å². The lowest BCUT2D eigenvalue weighted by Gasteiger charge is -2.41. The molecule has 0 unspecified atom stereocenters. The Balaban J connectivity index is 1.16. The first-order chi connectivity index (χ1) is 36.6. The van der Waals surface area contributed by atoms with Gasteiger partial charge in [-0.05, 0) is 66.1 Å². The number of hydrogen-bond donors (Lipinski definition) is 12. The van der Waals surface area contributed by atoms with Gasteiger partial charge >= 0.3 is 52.7 Å². The fourth-order valence-electron chi connectivity index (χ4n) is 8.03. The van der Waals surface area contributed by atoms with E-state index in [0.717, 1.165) is 0 Å². The van der Waals surface area contributed by atoms with Crippen molar-refractivity contribution in [2.75, 3.05) is 65.9 Å². The molecule has 4 amide bonds. The molecule has 0 spiro atoms. The van der Waals surface area contributed by atoms with E-state index in [9.17, 15) is 48.9 Å². The van der Waals surface area contributed by atoms with E-state index in [1.54, 1.807) is 26.0 Å². The van der Waals surface area contributed by atoms with E-state index in [0.29, 0.717) is 24.4 Å². The Hall–Kier alpha value is -6.38. The van der Waals surface area contributed by atoms with E-state index in [-0.39, 0.29) is 77.9 Å². The van der Waals surface area contributed by atoms with Crippen molar-refractivity contribution in [1.82, 2.24) is 42.4 Å². The van der Waals surface area contributed by atoms with E-state index in [2.05, 4.69) is 52.2 Å². The van der Waals surface area contributed by atoms with Crippen LogP contribution in [0.25, 0.3) is 0 Å². The van der Waals surface area contributed by atoms with Gasteiger partial charge in [-0.25, -0.2) is 19.2 Å². The number of amides is 4.